The van der Waals surface area contributed by atoms with E-state index in [9.17, 15) is 0 Å². The molecule has 0 unspecified atom stereocenters. The van der Waals surface area contributed by atoms with Crippen LogP contribution < -0.4 is 11.1 Å². The summed E-state index contributed by atoms with van der Waals surface area (Å²) < 4.78 is 0. The summed E-state index contributed by atoms with van der Waals surface area (Å²) >= 11 is 0. The lowest BCUT2D eigenvalue weighted by Crippen LogP contribution is -2.49. The Hall–Kier alpha value is -0.0800. The molecule has 0 saturated carbocycles. The van der Waals surface area contributed by atoms with Crippen molar-refractivity contribution in [1.29, 1.82) is 0 Å². The first kappa shape index (κ1) is 10.0. The van der Waals surface area contributed by atoms with Crippen LogP contribution >= 0.6 is 0 Å². The lowest BCUT2D eigenvalue weighted by molar-refractivity contribution is 0.303. The smallest absolute Gasteiger partial charge is 0.0275 e. The highest BCUT2D eigenvalue weighted by Gasteiger charge is 2.29. The van der Waals surface area contributed by atoms with Crippen LogP contribution in [0.15, 0.2) is 0 Å². The van der Waals surface area contributed by atoms with Gasteiger partial charge in [0, 0.05) is 18.6 Å². The van der Waals surface area contributed by atoms with Crippen molar-refractivity contribution in [3.63, 3.8) is 0 Å². The Kier molecular flexibility index (Phi) is 2.79. The molecule has 1 saturated heterocycles. The third-order valence-electron chi connectivity index (χ3n) is 3.03. The summed E-state index contributed by atoms with van der Waals surface area (Å²) in [6.07, 6.45) is 3.83. The molecule has 0 aromatic heterocycles. The Balaban J connectivity index is 2.56. The first-order valence-corrected chi connectivity index (χ1v) is 4.93. The fourth-order valence-electron chi connectivity index (χ4n) is 1.76. The Bertz CT molecular complexity index is 154. The second kappa shape index (κ2) is 3.35. The van der Waals surface area contributed by atoms with Gasteiger partial charge in [-0.1, -0.05) is 20.3 Å². The summed E-state index contributed by atoms with van der Waals surface area (Å²) in [4.78, 5) is 0. The standard InChI is InChI=1S/C10H22N2/c1-9(2)5-4-6-10(3,7-11)12-8-9/h12H,4-8,11H2,1-3H3/t10-/m0/s1. The van der Waals surface area contributed by atoms with Crippen LogP contribution in [0.4, 0.5) is 0 Å². The molecule has 0 aliphatic carbocycles. The monoisotopic (exact) mass is 170 g/mol. The maximum atomic E-state index is 5.73. The van der Waals surface area contributed by atoms with Crippen LogP contribution in [0.2, 0.25) is 0 Å². The van der Waals surface area contributed by atoms with E-state index in [0.29, 0.717) is 5.41 Å². The molecule has 1 heterocycles. The molecule has 0 spiro atoms. The second-order valence-electron chi connectivity index (χ2n) is 5.14. The van der Waals surface area contributed by atoms with Gasteiger partial charge < -0.3 is 11.1 Å². The van der Waals surface area contributed by atoms with E-state index in [-0.39, 0.29) is 5.54 Å². The first-order valence-electron chi connectivity index (χ1n) is 4.93. The molecule has 1 aliphatic heterocycles. The molecule has 0 radical (unpaired) electrons. The van der Waals surface area contributed by atoms with E-state index in [0.717, 1.165) is 13.1 Å². The van der Waals surface area contributed by atoms with Crippen molar-refractivity contribution < 1.29 is 0 Å². The zero-order valence-electron chi connectivity index (χ0n) is 8.61. The van der Waals surface area contributed by atoms with Crippen molar-refractivity contribution in [3.8, 4) is 0 Å². The van der Waals surface area contributed by atoms with Crippen LogP contribution in [0, 0.1) is 5.41 Å². The number of rotatable bonds is 1. The van der Waals surface area contributed by atoms with Gasteiger partial charge in [0.2, 0.25) is 0 Å². The van der Waals surface area contributed by atoms with Gasteiger partial charge in [-0.2, -0.15) is 0 Å². The first-order chi connectivity index (χ1) is 5.47. The number of nitrogens with two attached hydrogens (primary N) is 1. The van der Waals surface area contributed by atoms with Crippen LogP contribution in [0.1, 0.15) is 40.0 Å². The molecular formula is C10H22N2. The maximum absolute atomic E-state index is 5.73. The molecule has 1 atom stereocenters. The van der Waals surface area contributed by atoms with Crippen molar-refractivity contribution in [2.24, 2.45) is 11.1 Å². The van der Waals surface area contributed by atoms with Gasteiger partial charge in [0.15, 0.2) is 0 Å². The highest BCUT2D eigenvalue weighted by molar-refractivity contribution is 4.90. The normalized spacial score (nSPS) is 36.0. The molecule has 3 N–H and O–H groups in total. The summed E-state index contributed by atoms with van der Waals surface area (Å²) in [6, 6.07) is 0. The number of hydrogen-bond acceptors (Lipinski definition) is 2. The molecular weight excluding hydrogens is 148 g/mol. The molecule has 0 aromatic rings. The van der Waals surface area contributed by atoms with Crippen LogP contribution in [0.5, 0.6) is 0 Å². The average molecular weight is 170 g/mol. The predicted octanol–water partition coefficient (Wildman–Crippen LogP) is 1.50. The molecule has 1 rings (SSSR count). The van der Waals surface area contributed by atoms with Crippen LogP contribution in [0.3, 0.4) is 0 Å². The van der Waals surface area contributed by atoms with Gasteiger partial charge in [-0.25, -0.2) is 0 Å². The van der Waals surface area contributed by atoms with Crippen molar-refractivity contribution >= 4 is 0 Å². The summed E-state index contributed by atoms with van der Waals surface area (Å²) in [5, 5.41) is 3.57. The van der Waals surface area contributed by atoms with Gasteiger partial charge in [0.25, 0.3) is 0 Å². The van der Waals surface area contributed by atoms with E-state index >= 15 is 0 Å². The van der Waals surface area contributed by atoms with Crippen molar-refractivity contribution in [3.05, 3.63) is 0 Å². The molecule has 0 bridgehead atoms. The third kappa shape index (κ3) is 2.46. The Morgan fingerprint density at radius 1 is 1.25 bits per heavy atom. The molecule has 2 heteroatoms. The Morgan fingerprint density at radius 3 is 2.50 bits per heavy atom. The zero-order chi connectivity index (χ0) is 9.24. The van der Waals surface area contributed by atoms with Gasteiger partial charge in [-0.3, -0.25) is 0 Å². The van der Waals surface area contributed by atoms with Crippen LogP contribution in [0.25, 0.3) is 0 Å². The minimum atomic E-state index is 0.188. The van der Waals surface area contributed by atoms with E-state index < -0.39 is 0 Å². The quantitative estimate of drug-likeness (QED) is 0.626. The summed E-state index contributed by atoms with van der Waals surface area (Å²) in [7, 11) is 0. The summed E-state index contributed by atoms with van der Waals surface area (Å²) in [6.45, 7) is 8.72. The summed E-state index contributed by atoms with van der Waals surface area (Å²) in [5.74, 6) is 0. The maximum Gasteiger partial charge on any atom is 0.0275 e. The van der Waals surface area contributed by atoms with E-state index in [4.69, 9.17) is 5.73 Å². The van der Waals surface area contributed by atoms with Crippen molar-refractivity contribution in [2.75, 3.05) is 13.1 Å². The van der Waals surface area contributed by atoms with Gasteiger partial charge >= 0.3 is 0 Å². The highest BCUT2D eigenvalue weighted by atomic mass is 15.0. The van der Waals surface area contributed by atoms with E-state index in [1.807, 2.05) is 0 Å². The van der Waals surface area contributed by atoms with E-state index in [2.05, 4.69) is 26.1 Å². The minimum absolute atomic E-state index is 0.188. The number of hydrogen-bond donors (Lipinski definition) is 2. The highest BCUT2D eigenvalue weighted by Crippen LogP contribution is 2.28. The average Bonchev–Trinajstić information content (AvgIpc) is 2.13. The zero-order valence-corrected chi connectivity index (χ0v) is 8.61. The van der Waals surface area contributed by atoms with Gasteiger partial charge in [0.05, 0.1) is 0 Å². The molecule has 0 aromatic carbocycles. The Labute approximate surface area is 75.9 Å². The lowest BCUT2D eigenvalue weighted by atomic mass is 9.88. The fraction of sp³-hybridized carbons (Fsp3) is 1.00. The molecule has 1 aliphatic rings. The number of nitrogens with one attached hydrogen (secondary N) is 1. The fourth-order valence-corrected chi connectivity index (χ4v) is 1.76. The molecule has 12 heavy (non-hydrogen) atoms. The lowest BCUT2D eigenvalue weighted by Gasteiger charge is -2.29. The van der Waals surface area contributed by atoms with Gasteiger partial charge in [-0.05, 0) is 25.2 Å². The molecule has 2 nitrogen and oxygen atoms in total. The summed E-state index contributed by atoms with van der Waals surface area (Å²) in [5.41, 5.74) is 6.37. The SMILES string of the molecule is CC1(C)CCC[C@@](C)(CN)NC1. The van der Waals surface area contributed by atoms with E-state index in [1.165, 1.54) is 19.3 Å². The van der Waals surface area contributed by atoms with Crippen molar-refractivity contribution in [2.45, 2.75) is 45.6 Å². The topological polar surface area (TPSA) is 38.0 Å². The van der Waals surface area contributed by atoms with Crippen LogP contribution in [-0.4, -0.2) is 18.6 Å². The van der Waals surface area contributed by atoms with Crippen molar-refractivity contribution in [1.82, 2.24) is 5.32 Å². The largest absolute Gasteiger partial charge is 0.329 e. The van der Waals surface area contributed by atoms with Gasteiger partial charge in [0.1, 0.15) is 0 Å². The molecule has 0 amide bonds. The Morgan fingerprint density at radius 2 is 1.92 bits per heavy atom. The van der Waals surface area contributed by atoms with Gasteiger partial charge in [-0.15, -0.1) is 0 Å². The van der Waals surface area contributed by atoms with Crippen LogP contribution in [-0.2, 0) is 0 Å². The second-order valence-corrected chi connectivity index (χ2v) is 5.14. The van der Waals surface area contributed by atoms with E-state index in [1.54, 1.807) is 0 Å². The molecule has 72 valence electrons. The third-order valence-corrected chi connectivity index (χ3v) is 3.03. The predicted molar refractivity (Wildman–Crippen MR) is 53.1 cm³/mol. The molecule has 1 fully saturated rings. The minimum Gasteiger partial charge on any atom is -0.329 e.